The Bertz CT molecular complexity index is 1430. The number of rotatable bonds is 8. The summed E-state index contributed by atoms with van der Waals surface area (Å²) in [6.45, 7) is 8.12. The summed E-state index contributed by atoms with van der Waals surface area (Å²) in [5, 5.41) is 2.47. The fraction of sp³-hybridized carbons (Fsp3) is 0.464. The zero-order valence-corrected chi connectivity index (χ0v) is 24.8. The molecular weight excluding hydrogens is 573 g/mol. The highest BCUT2D eigenvalue weighted by Gasteiger charge is 2.46. The van der Waals surface area contributed by atoms with Gasteiger partial charge in [-0.1, -0.05) is 11.6 Å². The van der Waals surface area contributed by atoms with Crippen LogP contribution in [0.2, 0.25) is 5.02 Å². The molecule has 2 bridgehead atoms. The van der Waals surface area contributed by atoms with Gasteiger partial charge in [0.25, 0.3) is 0 Å². The van der Waals surface area contributed by atoms with E-state index in [1.165, 1.54) is 36.6 Å². The van der Waals surface area contributed by atoms with Gasteiger partial charge < -0.3 is 14.2 Å². The van der Waals surface area contributed by atoms with E-state index in [1.54, 1.807) is 13.1 Å². The molecule has 0 saturated carbocycles. The van der Waals surface area contributed by atoms with Crippen molar-refractivity contribution in [2.24, 2.45) is 0 Å². The SMILES string of the molecule is CCOC(=O)C(C)(C)N1CC2COC[C@@H](C1)N2Cc1nc(-c2nccs2)nc(-c2ccc(F)cc2Cl)c1C(=O)OC. The number of piperazine rings is 1. The van der Waals surface area contributed by atoms with E-state index in [2.05, 4.69) is 19.8 Å². The molecule has 3 aromatic rings. The highest BCUT2D eigenvalue weighted by atomic mass is 35.5. The van der Waals surface area contributed by atoms with Crippen LogP contribution in [-0.4, -0.2) is 94.3 Å². The normalized spacial score (nSPS) is 19.7. The number of fused-ring (bicyclic) bond motifs is 2. The molecule has 13 heteroatoms. The highest BCUT2D eigenvalue weighted by Crippen LogP contribution is 2.35. The summed E-state index contributed by atoms with van der Waals surface area (Å²) in [6.07, 6.45) is 1.65. The average molecular weight is 604 g/mol. The van der Waals surface area contributed by atoms with Gasteiger partial charge in [0.15, 0.2) is 10.8 Å². The van der Waals surface area contributed by atoms with Gasteiger partial charge in [-0.25, -0.2) is 24.1 Å². The van der Waals surface area contributed by atoms with Gasteiger partial charge in [0.05, 0.1) is 43.3 Å². The van der Waals surface area contributed by atoms with Crippen molar-refractivity contribution in [3.05, 3.63) is 51.9 Å². The molecule has 2 aromatic heterocycles. The summed E-state index contributed by atoms with van der Waals surface area (Å²) in [4.78, 5) is 44.3. The Morgan fingerprint density at radius 1 is 1.22 bits per heavy atom. The zero-order chi connectivity index (χ0) is 29.3. The van der Waals surface area contributed by atoms with Crippen LogP contribution < -0.4 is 0 Å². The van der Waals surface area contributed by atoms with Crippen LogP contribution in [0.4, 0.5) is 4.39 Å². The van der Waals surface area contributed by atoms with Gasteiger partial charge in [-0.15, -0.1) is 11.3 Å². The molecule has 0 aliphatic carbocycles. The zero-order valence-electron chi connectivity index (χ0n) is 23.2. The lowest BCUT2D eigenvalue weighted by atomic mass is 9.95. The molecule has 0 spiro atoms. The summed E-state index contributed by atoms with van der Waals surface area (Å²) in [5.41, 5.74) is 0.379. The summed E-state index contributed by atoms with van der Waals surface area (Å²) in [7, 11) is 1.29. The number of carbonyl (C=O) groups excluding carboxylic acids is 2. The molecule has 218 valence electrons. The van der Waals surface area contributed by atoms with Crippen LogP contribution in [0.5, 0.6) is 0 Å². The van der Waals surface area contributed by atoms with E-state index >= 15 is 0 Å². The number of halogens is 2. The van der Waals surface area contributed by atoms with Crippen LogP contribution in [0.1, 0.15) is 36.8 Å². The molecule has 2 aliphatic heterocycles. The number of ether oxygens (including phenoxy) is 3. The van der Waals surface area contributed by atoms with Crippen LogP contribution in [0.15, 0.2) is 29.8 Å². The Labute approximate surface area is 246 Å². The number of hydrogen-bond donors (Lipinski definition) is 0. The first kappa shape index (κ1) is 29.5. The number of carbonyl (C=O) groups is 2. The highest BCUT2D eigenvalue weighted by molar-refractivity contribution is 7.13. The van der Waals surface area contributed by atoms with Crippen molar-refractivity contribution in [2.75, 3.05) is 40.0 Å². The van der Waals surface area contributed by atoms with Gasteiger partial charge in [-0.2, -0.15) is 0 Å². The maximum atomic E-state index is 14.0. The van der Waals surface area contributed by atoms with E-state index in [-0.39, 0.29) is 40.9 Å². The molecule has 2 atom stereocenters. The van der Waals surface area contributed by atoms with E-state index < -0.39 is 17.3 Å². The van der Waals surface area contributed by atoms with Gasteiger partial charge in [-0.3, -0.25) is 14.6 Å². The molecule has 4 heterocycles. The molecule has 2 saturated heterocycles. The minimum atomic E-state index is -0.813. The third kappa shape index (κ3) is 5.84. The standard InChI is InChI=1S/C28H31ClFN5O5S/c1-5-40-27(37)28(2,3)34-11-17-14-39-15-18(12-34)35(17)13-21-22(26(36)38-4)23(19-7-6-16(30)10-20(19)29)33-24(32-21)25-31-8-9-41-25/h6-10,17-18H,5,11-15H2,1-4H3/t17-,18?/m1/s1. The minimum absolute atomic E-state index is 0.0853. The lowest BCUT2D eigenvalue weighted by Gasteiger charge is -2.53. The molecule has 1 aromatic carbocycles. The molecule has 10 nitrogen and oxygen atoms in total. The predicted octanol–water partition coefficient (Wildman–Crippen LogP) is 4.07. The number of thiazole rings is 1. The smallest absolute Gasteiger partial charge is 0.342 e. The molecule has 2 aliphatic rings. The molecule has 2 fully saturated rings. The Morgan fingerprint density at radius 3 is 2.56 bits per heavy atom. The van der Waals surface area contributed by atoms with Crippen molar-refractivity contribution < 1.29 is 28.2 Å². The van der Waals surface area contributed by atoms with Crippen LogP contribution >= 0.6 is 22.9 Å². The number of benzene rings is 1. The Kier molecular flexibility index (Phi) is 8.67. The summed E-state index contributed by atoms with van der Waals surface area (Å²) >= 11 is 7.81. The molecule has 41 heavy (non-hydrogen) atoms. The van der Waals surface area contributed by atoms with Crippen LogP contribution in [0.3, 0.4) is 0 Å². The van der Waals surface area contributed by atoms with E-state index in [0.29, 0.717) is 55.0 Å². The monoisotopic (exact) mass is 603 g/mol. The molecule has 0 N–H and O–H groups in total. The van der Waals surface area contributed by atoms with Gasteiger partial charge >= 0.3 is 11.9 Å². The topological polar surface area (TPSA) is 107 Å². The minimum Gasteiger partial charge on any atom is -0.465 e. The van der Waals surface area contributed by atoms with Crippen molar-refractivity contribution in [1.29, 1.82) is 0 Å². The van der Waals surface area contributed by atoms with Crippen LogP contribution in [-0.2, 0) is 25.5 Å². The van der Waals surface area contributed by atoms with Crippen LogP contribution in [0.25, 0.3) is 22.1 Å². The Hall–Kier alpha value is -3.03. The number of esters is 2. The largest absolute Gasteiger partial charge is 0.465 e. The molecule has 5 rings (SSSR count). The van der Waals surface area contributed by atoms with Crippen LogP contribution in [0, 0.1) is 5.82 Å². The Morgan fingerprint density at radius 2 is 1.95 bits per heavy atom. The second-order valence-electron chi connectivity index (χ2n) is 10.4. The molecule has 0 amide bonds. The second kappa shape index (κ2) is 12.1. The lowest BCUT2D eigenvalue weighted by molar-refractivity contribution is -0.165. The van der Waals surface area contributed by atoms with Crippen molar-refractivity contribution in [1.82, 2.24) is 24.8 Å². The third-order valence-electron chi connectivity index (χ3n) is 7.50. The molecule has 0 radical (unpaired) electrons. The number of morpholine rings is 1. The van der Waals surface area contributed by atoms with Gasteiger partial charge in [-0.05, 0) is 39.0 Å². The number of aromatic nitrogens is 3. The quantitative estimate of drug-likeness (QED) is 0.350. The first-order valence-corrected chi connectivity index (χ1v) is 14.5. The average Bonchev–Trinajstić information content (AvgIpc) is 3.47. The van der Waals surface area contributed by atoms with E-state index in [4.69, 9.17) is 30.8 Å². The van der Waals surface area contributed by atoms with E-state index in [1.807, 2.05) is 19.2 Å². The molecular formula is C28H31ClFN5O5S. The fourth-order valence-corrected chi connectivity index (χ4v) is 6.12. The summed E-state index contributed by atoms with van der Waals surface area (Å²) in [6, 6.07) is 3.76. The fourth-order valence-electron chi connectivity index (χ4n) is 5.30. The van der Waals surface area contributed by atoms with Gasteiger partial charge in [0.2, 0.25) is 0 Å². The van der Waals surface area contributed by atoms with Crippen molar-refractivity contribution >= 4 is 34.9 Å². The van der Waals surface area contributed by atoms with Crippen molar-refractivity contribution in [2.45, 2.75) is 44.9 Å². The van der Waals surface area contributed by atoms with Gasteiger partial charge in [0.1, 0.15) is 16.9 Å². The van der Waals surface area contributed by atoms with Gasteiger partial charge in [0, 0.05) is 48.9 Å². The first-order chi connectivity index (χ1) is 19.6. The number of nitrogens with zero attached hydrogens (tertiary/aromatic N) is 5. The second-order valence-corrected chi connectivity index (χ2v) is 11.7. The maximum absolute atomic E-state index is 14.0. The maximum Gasteiger partial charge on any atom is 0.342 e. The lowest BCUT2D eigenvalue weighted by Crippen LogP contribution is -2.68. The summed E-state index contributed by atoms with van der Waals surface area (Å²) in [5.74, 6) is -1.10. The van der Waals surface area contributed by atoms with Crippen molar-refractivity contribution in [3.63, 3.8) is 0 Å². The molecule has 1 unspecified atom stereocenters. The van der Waals surface area contributed by atoms with E-state index in [0.717, 1.165) is 0 Å². The predicted molar refractivity (Wildman–Crippen MR) is 151 cm³/mol. The number of methoxy groups -OCH3 is 1. The van der Waals surface area contributed by atoms with Crippen molar-refractivity contribution in [3.8, 4) is 22.1 Å². The Balaban J connectivity index is 1.57. The van der Waals surface area contributed by atoms with E-state index in [9.17, 15) is 14.0 Å². The summed E-state index contributed by atoms with van der Waals surface area (Å²) < 4.78 is 30.4. The first-order valence-electron chi connectivity index (χ1n) is 13.2. The third-order valence-corrected chi connectivity index (χ3v) is 8.58. The number of hydrogen-bond acceptors (Lipinski definition) is 11.